The number of nitrogens with one attached hydrogen (secondary N) is 1. The van der Waals surface area contributed by atoms with Crippen LogP contribution in [0.25, 0.3) is 0 Å². The van der Waals surface area contributed by atoms with E-state index >= 15 is 0 Å². The number of likely N-dealkylation sites (tertiary alicyclic amines) is 1. The number of halogens is 1. The summed E-state index contributed by atoms with van der Waals surface area (Å²) in [4.78, 5) is 14.3. The molecule has 0 aromatic carbocycles. The lowest BCUT2D eigenvalue weighted by Gasteiger charge is -2.14. The summed E-state index contributed by atoms with van der Waals surface area (Å²) in [7, 11) is 0. The van der Waals surface area contributed by atoms with Crippen LogP contribution in [0.15, 0.2) is 0 Å². The van der Waals surface area contributed by atoms with Gasteiger partial charge in [0.25, 0.3) is 5.91 Å². The van der Waals surface area contributed by atoms with Crippen LogP contribution in [0.5, 0.6) is 0 Å². The molecule has 0 radical (unpaired) electrons. The maximum Gasteiger partial charge on any atom is 0.282 e. The van der Waals surface area contributed by atoms with Crippen LogP contribution in [0.4, 0.5) is 0 Å². The Kier molecular flexibility index (Phi) is 3.50. The maximum absolute atomic E-state index is 11.8. The molecule has 1 unspecified atom stereocenters. The molecule has 1 aromatic rings. The van der Waals surface area contributed by atoms with Gasteiger partial charge in [0.05, 0.1) is 0 Å². The van der Waals surface area contributed by atoms with Crippen LogP contribution >= 0.6 is 22.9 Å². The fraction of sp³-hybridized carbons (Fsp3) is 0.727. The maximum atomic E-state index is 11.8. The molecule has 2 aliphatic rings. The SMILES string of the molecule is O=C(NCC1CCN(C2CC2)C1)c1nnc(Cl)s1. The minimum atomic E-state index is -0.163. The molecule has 0 bridgehead atoms. The number of hydrogen-bond acceptors (Lipinski definition) is 5. The van der Waals surface area contributed by atoms with E-state index in [0.29, 0.717) is 15.4 Å². The van der Waals surface area contributed by atoms with Crippen molar-refractivity contribution >= 4 is 28.8 Å². The lowest BCUT2D eigenvalue weighted by molar-refractivity contribution is 0.0946. The van der Waals surface area contributed by atoms with E-state index in [1.807, 2.05) is 0 Å². The van der Waals surface area contributed by atoms with E-state index in [2.05, 4.69) is 20.4 Å². The quantitative estimate of drug-likeness (QED) is 0.909. The first-order valence-electron chi connectivity index (χ1n) is 6.23. The average Bonchev–Trinajstić information content (AvgIpc) is 2.95. The molecule has 1 N–H and O–H groups in total. The van der Waals surface area contributed by atoms with Gasteiger partial charge < -0.3 is 10.2 Å². The summed E-state index contributed by atoms with van der Waals surface area (Å²) >= 11 is 6.77. The molecule has 1 aliphatic heterocycles. The highest BCUT2D eigenvalue weighted by Crippen LogP contribution is 2.31. The zero-order valence-electron chi connectivity index (χ0n) is 9.93. The molecule has 1 saturated heterocycles. The Bertz CT molecular complexity index is 448. The van der Waals surface area contributed by atoms with Gasteiger partial charge in [-0.1, -0.05) is 11.3 Å². The van der Waals surface area contributed by atoms with E-state index < -0.39 is 0 Å². The highest BCUT2D eigenvalue weighted by molar-refractivity contribution is 7.17. The van der Waals surface area contributed by atoms with Gasteiger partial charge in [-0.2, -0.15) is 0 Å². The monoisotopic (exact) mass is 286 g/mol. The summed E-state index contributed by atoms with van der Waals surface area (Å²) in [5.74, 6) is 0.405. The summed E-state index contributed by atoms with van der Waals surface area (Å²) in [5.41, 5.74) is 0. The van der Waals surface area contributed by atoms with E-state index in [4.69, 9.17) is 11.6 Å². The largest absolute Gasteiger partial charge is 0.350 e. The Hall–Kier alpha value is -0.720. The van der Waals surface area contributed by atoms with Crippen LogP contribution < -0.4 is 5.32 Å². The lowest BCUT2D eigenvalue weighted by Crippen LogP contribution is -2.31. The van der Waals surface area contributed by atoms with Gasteiger partial charge in [-0.3, -0.25) is 4.79 Å². The second kappa shape index (κ2) is 5.11. The number of aromatic nitrogens is 2. The van der Waals surface area contributed by atoms with Crippen molar-refractivity contribution in [2.45, 2.75) is 25.3 Å². The van der Waals surface area contributed by atoms with Crippen molar-refractivity contribution in [1.82, 2.24) is 20.4 Å². The molecular weight excluding hydrogens is 272 g/mol. The van der Waals surface area contributed by atoms with Crippen molar-refractivity contribution in [3.8, 4) is 0 Å². The van der Waals surface area contributed by atoms with Crippen LogP contribution in [-0.4, -0.2) is 46.7 Å². The van der Waals surface area contributed by atoms with Gasteiger partial charge in [-0.15, -0.1) is 10.2 Å². The number of carbonyl (C=O) groups excluding carboxylic acids is 1. The molecule has 5 nitrogen and oxygen atoms in total. The fourth-order valence-corrected chi connectivity index (χ4v) is 3.16. The second-order valence-electron chi connectivity index (χ2n) is 4.95. The first kappa shape index (κ1) is 12.3. The Morgan fingerprint density at radius 3 is 2.94 bits per heavy atom. The molecular formula is C11H15ClN4OS. The zero-order valence-corrected chi connectivity index (χ0v) is 11.5. The van der Waals surface area contributed by atoms with Gasteiger partial charge >= 0.3 is 0 Å². The number of nitrogens with zero attached hydrogens (tertiary/aromatic N) is 3. The summed E-state index contributed by atoms with van der Waals surface area (Å²) in [6, 6.07) is 0.827. The van der Waals surface area contributed by atoms with Crippen molar-refractivity contribution in [2.24, 2.45) is 5.92 Å². The van der Waals surface area contributed by atoms with Crippen LogP contribution in [0, 0.1) is 5.92 Å². The van der Waals surface area contributed by atoms with E-state index in [9.17, 15) is 4.79 Å². The second-order valence-corrected chi connectivity index (χ2v) is 6.51. The Morgan fingerprint density at radius 1 is 1.44 bits per heavy atom. The van der Waals surface area contributed by atoms with Gasteiger partial charge in [0.1, 0.15) is 0 Å². The van der Waals surface area contributed by atoms with Crippen molar-refractivity contribution in [3.63, 3.8) is 0 Å². The van der Waals surface area contributed by atoms with Gasteiger partial charge in [-0.25, -0.2) is 0 Å². The first-order chi connectivity index (χ1) is 8.72. The Labute approximate surface area is 115 Å². The summed E-state index contributed by atoms with van der Waals surface area (Å²) in [5, 5.41) is 10.6. The smallest absolute Gasteiger partial charge is 0.282 e. The molecule has 3 rings (SSSR count). The molecule has 1 aliphatic carbocycles. The number of carbonyl (C=O) groups is 1. The van der Waals surface area contributed by atoms with Gasteiger partial charge in [-0.05, 0) is 43.3 Å². The number of hydrogen-bond donors (Lipinski definition) is 1. The van der Waals surface area contributed by atoms with Crippen molar-refractivity contribution in [2.75, 3.05) is 19.6 Å². The van der Waals surface area contributed by atoms with E-state index in [-0.39, 0.29) is 5.91 Å². The molecule has 1 saturated carbocycles. The molecule has 2 heterocycles. The molecule has 7 heteroatoms. The highest BCUT2D eigenvalue weighted by Gasteiger charge is 2.34. The standard InChI is InChI=1S/C11H15ClN4OS/c12-11-15-14-10(18-11)9(17)13-5-7-3-4-16(6-7)8-1-2-8/h7-8H,1-6H2,(H,13,17). The Morgan fingerprint density at radius 2 is 2.28 bits per heavy atom. The fourth-order valence-electron chi connectivity index (χ4n) is 2.41. The molecule has 1 atom stereocenters. The zero-order chi connectivity index (χ0) is 12.5. The predicted molar refractivity (Wildman–Crippen MR) is 70.0 cm³/mol. The molecule has 1 aromatic heterocycles. The minimum absolute atomic E-state index is 0.163. The molecule has 18 heavy (non-hydrogen) atoms. The third kappa shape index (κ3) is 2.81. The number of amides is 1. The first-order valence-corrected chi connectivity index (χ1v) is 7.43. The average molecular weight is 287 g/mol. The van der Waals surface area contributed by atoms with Crippen LogP contribution in [-0.2, 0) is 0 Å². The highest BCUT2D eigenvalue weighted by atomic mass is 35.5. The molecule has 0 spiro atoms. The van der Waals surface area contributed by atoms with Crippen LogP contribution in [0.2, 0.25) is 4.47 Å². The topological polar surface area (TPSA) is 58.1 Å². The van der Waals surface area contributed by atoms with Gasteiger partial charge in [0.2, 0.25) is 9.47 Å². The van der Waals surface area contributed by atoms with E-state index in [0.717, 1.165) is 30.5 Å². The van der Waals surface area contributed by atoms with E-state index in [1.54, 1.807) is 0 Å². The Balaban J connectivity index is 1.45. The minimum Gasteiger partial charge on any atom is -0.350 e. The van der Waals surface area contributed by atoms with Crippen LogP contribution in [0.3, 0.4) is 0 Å². The van der Waals surface area contributed by atoms with Gasteiger partial charge in [0, 0.05) is 19.1 Å². The lowest BCUT2D eigenvalue weighted by atomic mass is 10.1. The summed E-state index contributed by atoms with van der Waals surface area (Å²) in [6.07, 6.45) is 3.87. The van der Waals surface area contributed by atoms with Crippen molar-refractivity contribution in [3.05, 3.63) is 9.47 Å². The summed E-state index contributed by atoms with van der Waals surface area (Å²) < 4.78 is 0.306. The molecule has 98 valence electrons. The van der Waals surface area contributed by atoms with Crippen molar-refractivity contribution in [1.29, 1.82) is 0 Å². The predicted octanol–water partition coefficient (Wildman–Crippen LogP) is 1.41. The summed E-state index contributed by atoms with van der Waals surface area (Å²) in [6.45, 7) is 3.01. The van der Waals surface area contributed by atoms with Crippen LogP contribution in [0.1, 0.15) is 29.1 Å². The van der Waals surface area contributed by atoms with Gasteiger partial charge in [0.15, 0.2) is 0 Å². The molecule has 1 amide bonds. The normalized spacial score (nSPS) is 24.4. The third-order valence-corrected chi connectivity index (χ3v) is 4.54. The molecule has 2 fully saturated rings. The third-order valence-electron chi connectivity index (χ3n) is 3.53. The van der Waals surface area contributed by atoms with E-state index in [1.165, 1.54) is 25.8 Å². The van der Waals surface area contributed by atoms with Crippen molar-refractivity contribution < 1.29 is 4.79 Å². The number of rotatable bonds is 4.